The van der Waals surface area contributed by atoms with Crippen LogP contribution in [-0.4, -0.2) is 72.9 Å². The van der Waals surface area contributed by atoms with Gasteiger partial charge in [-0.3, -0.25) is 19.3 Å². The molecule has 0 unspecified atom stereocenters. The average Bonchev–Trinajstić information content (AvgIpc) is 3.33. The Labute approximate surface area is 227 Å². The third kappa shape index (κ3) is 6.20. The molecule has 0 aliphatic carbocycles. The van der Waals surface area contributed by atoms with Crippen LogP contribution in [0, 0.1) is 0 Å². The van der Waals surface area contributed by atoms with Gasteiger partial charge in [-0.2, -0.15) is 9.36 Å². The molecule has 2 amide bonds. The number of fused-ring (bicyclic) bond motifs is 1. The molecule has 17 heteroatoms. The number of anilines is 1. The number of thioether (sulfide) groups is 1. The lowest BCUT2D eigenvalue weighted by Gasteiger charge is -2.50. The highest BCUT2D eigenvalue weighted by Crippen LogP contribution is 2.40. The van der Waals surface area contributed by atoms with Crippen LogP contribution in [0.1, 0.15) is 11.4 Å². The van der Waals surface area contributed by atoms with Gasteiger partial charge in [0.25, 0.3) is 18.7 Å². The van der Waals surface area contributed by atoms with Crippen LogP contribution in [-0.2, 0) is 37.0 Å². The normalized spacial score (nSPS) is 19.1. The van der Waals surface area contributed by atoms with Crippen molar-refractivity contribution >= 4 is 57.9 Å². The first kappa shape index (κ1) is 27.6. The average molecular weight is 578 g/mol. The summed E-state index contributed by atoms with van der Waals surface area (Å²) in [6.07, 6.45) is 6.56. The number of aromatic nitrogens is 3. The van der Waals surface area contributed by atoms with Crippen molar-refractivity contribution in [3.63, 3.8) is 0 Å². The molecular formula is C22H20FN7O7S2. The Morgan fingerprint density at radius 2 is 2.13 bits per heavy atom. The minimum absolute atomic E-state index is 0.0254. The van der Waals surface area contributed by atoms with E-state index < -0.39 is 47.7 Å². The highest BCUT2D eigenvalue weighted by Gasteiger charge is 2.53. The summed E-state index contributed by atoms with van der Waals surface area (Å²) in [7, 11) is 0. The number of carbonyl (C=O) groups excluding carboxylic acids is 3. The summed E-state index contributed by atoms with van der Waals surface area (Å²) >= 11 is 2.00. The first-order valence-corrected chi connectivity index (χ1v) is 12.9. The summed E-state index contributed by atoms with van der Waals surface area (Å²) < 4.78 is 18.1. The predicted molar refractivity (Wildman–Crippen MR) is 132 cm³/mol. The van der Waals surface area contributed by atoms with Crippen molar-refractivity contribution in [3.8, 4) is 0 Å². The summed E-state index contributed by atoms with van der Waals surface area (Å²) in [6, 6.07) is 2.23. The second-order valence-electron chi connectivity index (χ2n) is 8.03. The van der Waals surface area contributed by atoms with E-state index in [-0.39, 0.29) is 28.8 Å². The van der Waals surface area contributed by atoms with Crippen molar-refractivity contribution in [2.75, 3.05) is 18.3 Å². The molecule has 0 aromatic carbocycles. The Hall–Kier alpha value is -4.38. The summed E-state index contributed by atoms with van der Waals surface area (Å²) in [6.45, 7) is -0.967. The van der Waals surface area contributed by atoms with Gasteiger partial charge < -0.3 is 30.9 Å². The van der Waals surface area contributed by atoms with Crippen LogP contribution >= 0.6 is 23.3 Å². The Bertz CT molecular complexity index is 1390. The number of carboxylic acids is 2. The largest absolute Gasteiger partial charge is 0.543 e. The zero-order chi connectivity index (χ0) is 28.1. The van der Waals surface area contributed by atoms with E-state index in [1.807, 2.05) is 0 Å². The van der Waals surface area contributed by atoms with Gasteiger partial charge in [0, 0.05) is 29.4 Å². The van der Waals surface area contributed by atoms with Crippen LogP contribution in [0.3, 0.4) is 0 Å². The molecule has 0 radical (unpaired) electrons. The number of carboxylic acid groups (broad SMARTS) is 2. The zero-order valence-electron chi connectivity index (χ0n) is 19.9. The second-order valence-corrected chi connectivity index (χ2v) is 9.92. The van der Waals surface area contributed by atoms with Crippen molar-refractivity contribution in [2.24, 2.45) is 5.16 Å². The quantitative estimate of drug-likeness (QED) is 0.119. The predicted octanol–water partition coefficient (Wildman–Crippen LogP) is -1.66. The number of β-lactam (4-membered cyclic amide) rings is 1. The van der Waals surface area contributed by atoms with E-state index in [1.54, 1.807) is 41.2 Å². The molecule has 2 aromatic rings. The lowest BCUT2D eigenvalue weighted by molar-refractivity contribution is -0.687. The molecule has 14 nitrogen and oxygen atoms in total. The number of hydrogen-bond donors (Lipinski definition) is 3. The van der Waals surface area contributed by atoms with Gasteiger partial charge in [0.05, 0.1) is 18.1 Å². The second kappa shape index (κ2) is 12.0. The van der Waals surface area contributed by atoms with Crippen LogP contribution < -0.4 is 20.7 Å². The van der Waals surface area contributed by atoms with E-state index >= 15 is 0 Å². The fraction of sp³-hybridized carbons (Fsp3) is 0.273. The molecule has 2 aliphatic rings. The number of carbonyl (C=O) groups is 4. The lowest BCUT2D eigenvalue weighted by Crippen LogP contribution is -2.71. The van der Waals surface area contributed by atoms with Crippen LogP contribution in [0.25, 0.3) is 0 Å². The lowest BCUT2D eigenvalue weighted by atomic mass is 10.0. The van der Waals surface area contributed by atoms with Gasteiger partial charge in [-0.05, 0) is 17.2 Å². The first-order valence-electron chi connectivity index (χ1n) is 11.1. The number of allylic oxidation sites excluding steroid dienone is 2. The first-order chi connectivity index (χ1) is 18.7. The van der Waals surface area contributed by atoms with E-state index in [2.05, 4.69) is 24.7 Å². The van der Waals surface area contributed by atoms with Gasteiger partial charge >= 0.3 is 5.97 Å². The van der Waals surface area contributed by atoms with Gasteiger partial charge in [-0.25, -0.2) is 8.96 Å². The number of rotatable bonds is 11. The minimum atomic E-state index is -1.55. The van der Waals surface area contributed by atoms with Crippen LogP contribution in [0.4, 0.5) is 9.52 Å². The number of nitrogen functional groups attached to an aromatic ring is 1. The summed E-state index contributed by atoms with van der Waals surface area (Å²) in [5.74, 6) is -4.13. The Morgan fingerprint density at radius 3 is 2.74 bits per heavy atom. The molecular weight excluding hydrogens is 557 g/mol. The molecule has 2 aliphatic heterocycles. The molecule has 4 N–H and O–H groups in total. The number of amides is 2. The Kier molecular flexibility index (Phi) is 8.50. The maximum absolute atomic E-state index is 12.9. The fourth-order valence-electron chi connectivity index (χ4n) is 3.79. The number of hydrogen-bond acceptors (Lipinski definition) is 12. The maximum Gasteiger partial charge on any atom is 0.307 e. The fourth-order valence-corrected chi connectivity index (χ4v) is 5.55. The Balaban J connectivity index is 1.45. The Morgan fingerprint density at radius 1 is 1.38 bits per heavy atom. The smallest absolute Gasteiger partial charge is 0.307 e. The van der Waals surface area contributed by atoms with Gasteiger partial charge in [0.2, 0.25) is 11.5 Å². The van der Waals surface area contributed by atoms with Crippen molar-refractivity contribution in [2.45, 2.75) is 24.4 Å². The van der Waals surface area contributed by atoms with E-state index in [4.69, 9.17) is 10.8 Å². The number of nitrogens with zero attached hydrogens (tertiary/aromatic N) is 5. The van der Waals surface area contributed by atoms with Gasteiger partial charge in [0.15, 0.2) is 24.1 Å². The number of aliphatic carboxylic acids is 2. The maximum atomic E-state index is 12.9. The number of oxime groups is 1. The van der Waals surface area contributed by atoms with Crippen LogP contribution in [0.5, 0.6) is 0 Å². The van der Waals surface area contributed by atoms with E-state index in [1.165, 1.54) is 11.8 Å². The minimum Gasteiger partial charge on any atom is -0.543 e. The topological polar surface area (TPSA) is 204 Å². The molecule has 0 spiro atoms. The molecule has 39 heavy (non-hydrogen) atoms. The van der Waals surface area contributed by atoms with Crippen molar-refractivity contribution in [1.29, 1.82) is 0 Å². The zero-order valence-corrected chi connectivity index (χ0v) is 21.5. The van der Waals surface area contributed by atoms with Crippen LogP contribution in [0.15, 0.2) is 53.1 Å². The summed E-state index contributed by atoms with van der Waals surface area (Å²) in [4.78, 5) is 57.6. The van der Waals surface area contributed by atoms with E-state index in [0.29, 0.717) is 17.7 Å². The van der Waals surface area contributed by atoms with Gasteiger partial charge in [-0.1, -0.05) is 11.2 Å². The standard InChI is InChI=1S/C22H20FN7O7S2/c23-10-37-27-14(17-26-22(24)39-28-17)18(33)25-15-19(34)30-16(21(35)36)12(9-38-20(15)30)2-1-5-29-6-3-11(4-7-29)8-13(31)32/h1-4,6-7,15,20H,5,8-10H2,(H4-,24,25,26,28,31,32,33,35,36)/b2-1+,27-14-/t15-,20-/m1/s1. The summed E-state index contributed by atoms with van der Waals surface area (Å²) in [5, 5.41) is 25.9. The number of nitrogens with two attached hydrogens (primary N) is 1. The van der Waals surface area contributed by atoms with Gasteiger partial charge in [-0.15, -0.1) is 11.8 Å². The molecule has 0 bridgehead atoms. The van der Waals surface area contributed by atoms with Crippen molar-refractivity contribution in [1.82, 2.24) is 19.6 Å². The third-order valence-corrected chi connectivity index (χ3v) is 7.35. The summed E-state index contributed by atoms with van der Waals surface area (Å²) in [5.41, 5.74) is 5.70. The number of halogens is 1. The molecule has 2 aromatic heterocycles. The van der Waals surface area contributed by atoms with E-state index in [9.17, 15) is 28.7 Å². The molecule has 0 saturated carbocycles. The molecule has 1 fully saturated rings. The third-order valence-electron chi connectivity index (χ3n) is 5.50. The van der Waals surface area contributed by atoms with Crippen molar-refractivity contribution < 1.29 is 43.2 Å². The van der Waals surface area contributed by atoms with Crippen LogP contribution in [0.2, 0.25) is 0 Å². The molecule has 2 atom stereocenters. The molecule has 4 heterocycles. The highest BCUT2D eigenvalue weighted by molar-refractivity contribution is 8.00. The number of nitrogens with one attached hydrogen (secondary N) is 1. The van der Waals surface area contributed by atoms with E-state index in [0.717, 1.165) is 16.4 Å². The van der Waals surface area contributed by atoms with Gasteiger partial charge in [0.1, 0.15) is 11.4 Å². The molecule has 1 saturated heterocycles. The highest BCUT2D eigenvalue weighted by atomic mass is 32.2. The number of pyridine rings is 1. The SMILES string of the molecule is Nc1nc(/C(=N/OCF)C(=O)N[C@@H]2C(=O)N3C(C(=O)[O-])=C(/C=C/C[n+]4ccc(CC(=O)O)cc4)CS[C@H]23)ns1. The molecule has 4 rings (SSSR count). The number of alkyl halides is 1. The van der Waals surface area contributed by atoms with Crippen molar-refractivity contribution in [3.05, 3.63) is 59.3 Å². The monoisotopic (exact) mass is 577 g/mol. The molecule has 204 valence electrons.